The van der Waals surface area contributed by atoms with Crippen LogP contribution in [0, 0.1) is 0 Å². The summed E-state index contributed by atoms with van der Waals surface area (Å²) in [6.07, 6.45) is 1.96. The monoisotopic (exact) mass is 292 g/mol. The van der Waals surface area contributed by atoms with E-state index in [1.54, 1.807) is 0 Å². The van der Waals surface area contributed by atoms with Gasteiger partial charge in [-0.05, 0) is 19.3 Å². The zero-order valence-corrected chi connectivity index (χ0v) is 12.3. The Kier molecular flexibility index (Phi) is 16.1. The molecule has 19 heavy (non-hydrogen) atoms. The van der Waals surface area contributed by atoms with Gasteiger partial charge in [-0.15, -0.1) is 0 Å². The van der Waals surface area contributed by atoms with Crippen molar-refractivity contribution in [2.75, 3.05) is 6.54 Å². The van der Waals surface area contributed by atoms with Gasteiger partial charge < -0.3 is 25.4 Å². The second-order valence-electron chi connectivity index (χ2n) is 3.67. The average Bonchev–Trinajstić information content (AvgIpc) is 2.25. The number of hydrogen-bond acceptors (Lipinski definition) is 4. The highest BCUT2D eigenvalue weighted by Gasteiger charge is 2.17. The van der Waals surface area contributed by atoms with E-state index in [1.165, 1.54) is 13.8 Å². The normalized spacial score (nSPS) is 10.2. The first kappa shape index (κ1) is 23.0. The molecule has 0 aliphatic heterocycles. The predicted octanol–water partition coefficient (Wildman–Crippen LogP) is -2.23. The van der Waals surface area contributed by atoms with Crippen molar-refractivity contribution in [3.05, 3.63) is 0 Å². The number of amides is 2. The fourth-order valence-electron chi connectivity index (χ4n) is 1.31. The van der Waals surface area contributed by atoms with Gasteiger partial charge in [-0.1, -0.05) is 0 Å². The maximum absolute atomic E-state index is 11.3. The van der Waals surface area contributed by atoms with Crippen LogP contribution < -0.4 is 10.6 Å². The molecule has 8 nitrogen and oxygen atoms in total. The minimum atomic E-state index is -0.623. The smallest absolute Gasteiger partial charge is 0.484 e. The molecular weight excluding hydrogens is 271 g/mol. The first-order chi connectivity index (χ1) is 7.97. The van der Waals surface area contributed by atoms with Crippen LogP contribution in [0.1, 0.15) is 33.1 Å². The lowest BCUT2D eigenvalue weighted by atomic mass is 10.1. The highest BCUT2D eigenvalue weighted by molar-refractivity contribution is 6.06. The molecule has 0 aromatic heterocycles. The number of nitrogens with one attached hydrogen (secondary N) is 2. The average molecular weight is 292 g/mol. The lowest BCUT2D eigenvalue weighted by Crippen LogP contribution is -2.40. The fourth-order valence-corrected chi connectivity index (χ4v) is 1.48. The molecule has 2 amide bonds. The van der Waals surface area contributed by atoms with E-state index in [1.807, 2.05) is 16.6 Å². The highest BCUT2D eigenvalue weighted by Crippen LogP contribution is 2.02. The topological polar surface area (TPSA) is 148 Å². The number of rotatable bonds is 7. The molecule has 0 aromatic rings. The SMILES string of the molecule is CC(=O)NCCCCC(NC(C)=O)C(=O)[O][Al].O.O. The van der Waals surface area contributed by atoms with Gasteiger partial charge in [-0.3, -0.25) is 14.4 Å². The minimum absolute atomic E-state index is 0. The summed E-state index contributed by atoms with van der Waals surface area (Å²) in [6.45, 7) is 3.37. The van der Waals surface area contributed by atoms with Crippen molar-refractivity contribution >= 4 is 34.4 Å². The van der Waals surface area contributed by atoms with Gasteiger partial charge in [0.05, 0.1) is 0 Å². The third-order valence-electron chi connectivity index (χ3n) is 2.07. The van der Waals surface area contributed by atoms with Gasteiger partial charge in [0.25, 0.3) is 5.97 Å². The molecule has 0 aliphatic carbocycles. The Bertz CT molecular complexity index is 287. The van der Waals surface area contributed by atoms with Crippen LogP contribution in [0.5, 0.6) is 0 Å². The van der Waals surface area contributed by atoms with Crippen molar-refractivity contribution in [1.82, 2.24) is 10.6 Å². The molecule has 9 heteroatoms. The summed E-state index contributed by atoms with van der Waals surface area (Å²) in [6, 6.07) is -0.623. The Morgan fingerprint density at radius 3 is 2.11 bits per heavy atom. The van der Waals surface area contributed by atoms with Crippen molar-refractivity contribution in [3.8, 4) is 0 Å². The van der Waals surface area contributed by atoms with Gasteiger partial charge in [0.2, 0.25) is 11.8 Å². The molecule has 0 bridgehead atoms. The lowest BCUT2D eigenvalue weighted by Gasteiger charge is -2.16. The Balaban J connectivity index is -0.00000128. The molecule has 1 atom stereocenters. The van der Waals surface area contributed by atoms with E-state index < -0.39 is 12.0 Å². The molecule has 1 unspecified atom stereocenters. The second-order valence-corrected chi connectivity index (χ2v) is 3.90. The second kappa shape index (κ2) is 13.3. The number of carbonyl (C=O) groups excluding carboxylic acids is 3. The van der Waals surface area contributed by atoms with Gasteiger partial charge in [0.1, 0.15) is 6.04 Å². The van der Waals surface area contributed by atoms with Crippen LogP contribution in [0.25, 0.3) is 0 Å². The van der Waals surface area contributed by atoms with Crippen molar-refractivity contribution in [2.45, 2.75) is 39.2 Å². The first-order valence-electron chi connectivity index (χ1n) is 5.39. The van der Waals surface area contributed by atoms with E-state index in [0.29, 0.717) is 19.4 Å². The fraction of sp³-hybridized carbons (Fsp3) is 0.700. The molecule has 6 N–H and O–H groups in total. The number of hydrogen-bond donors (Lipinski definition) is 2. The van der Waals surface area contributed by atoms with Crippen molar-refractivity contribution < 1.29 is 29.1 Å². The van der Waals surface area contributed by atoms with Gasteiger partial charge >= 0.3 is 16.6 Å². The molecule has 0 heterocycles. The third kappa shape index (κ3) is 13.1. The minimum Gasteiger partial charge on any atom is -0.627 e. The maximum atomic E-state index is 11.3. The van der Waals surface area contributed by atoms with Crippen molar-refractivity contribution in [2.24, 2.45) is 0 Å². The van der Waals surface area contributed by atoms with Crippen LogP contribution in [-0.2, 0) is 18.2 Å². The van der Waals surface area contributed by atoms with E-state index in [9.17, 15) is 14.4 Å². The summed E-state index contributed by atoms with van der Waals surface area (Å²) >= 11 is 1.87. The summed E-state index contributed by atoms with van der Waals surface area (Å²) in [7, 11) is 0. The largest absolute Gasteiger partial charge is 0.627 e. The summed E-state index contributed by atoms with van der Waals surface area (Å²) in [5.74, 6) is -0.829. The first-order valence-corrected chi connectivity index (χ1v) is 5.86. The zero-order chi connectivity index (χ0) is 13.3. The van der Waals surface area contributed by atoms with Gasteiger partial charge in [0.15, 0.2) is 0 Å². The highest BCUT2D eigenvalue weighted by atomic mass is 27.1. The Morgan fingerprint density at radius 1 is 1.11 bits per heavy atom. The maximum Gasteiger partial charge on any atom is 0.484 e. The Labute approximate surface area is 120 Å². The molecule has 110 valence electrons. The molecule has 2 radical (unpaired) electrons. The van der Waals surface area contributed by atoms with Crippen LogP contribution in [-0.4, -0.2) is 57.9 Å². The van der Waals surface area contributed by atoms with Gasteiger partial charge in [-0.2, -0.15) is 0 Å². The summed E-state index contributed by atoms with van der Waals surface area (Å²) < 4.78 is 4.50. The van der Waals surface area contributed by atoms with Crippen LogP contribution in [0.3, 0.4) is 0 Å². The zero-order valence-electron chi connectivity index (χ0n) is 11.1. The molecule has 0 fully saturated rings. The van der Waals surface area contributed by atoms with E-state index in [0.717, 1.165) is 6.42 Å². The van der Waals surface area contributed by atoms with Crippen molar-refractivity contribution in [3.63, 3.8) is 0 Å². The van der Waals surface area contributed by atoms with Crippen LogP contribution in [0.2, 0.25) is 0 Å². The molecular formula is C10H21AlN2O6. The van der Waals surface area contributed by atoms with E-state index in [-0.39, 0.29) is 22.8 Å². The van der Waals surface area contributed by atoms with E-state index in [4.69, 9.17) is 0 Å². The molecule has 0 spiro atoms. The molecule has 0 rings (SSSR count). The van der Waals surface area contributed by atoms with Gasteiger partial charge in [-0.25, -0.2) is 0 Å². The van der Waals surface area contributed by atoms with Crippen LogP contribution >= 0.6 is 0 Å². The van der Waals surface area contributed by atoms with E-state index >= 15 is 0 Å². The lowest BCUT2D eigenvalue weighted by molar-refractivity contribution is -0.139. The van der Waals surface area contributed by atoms with Crippen LogP contribution in [0.4, 0.5) is 0 Å². The summed E-state index contributed by atoms with van der Waals surface area (Å²) in [4.78, 5) is 32.8. The molecule has 0 aliphatic rings. The molecule has 0 saturated heterocycles. The third-order valence-corrected chi connectivity index (χ3v) is 2.30. The quantitative estimate of drug-likeness (QED) is 0.403. The summed E-state index contributed by atoms with van der Waals surface area (Å²) in [5, 5.41) is 5.17. The van der Waals surface area contributed by atoms with Crippen molar-refractivity contribution in [1.29, 1.82) is 0 Å². The van der Waals surface area contributed by atoms with Crippen LogP contribution in [0.15, 0.2) is 0 Å². The molecule has 0 aromatic carbocycles. The number of unbranched alkanes of at least 4 members (excludes halogenated alkanes) is 1. The Hall–Kier alpha value is -1.14. The standard InChI is InChI=1S/C10H18N2O4.Al.2H2O/c1-7(13)11-6-4-3-5-9(10(15)16)12-8(2)14;;;/h9H,3-6H2,1-2H3,(H,11,13)(H,12,14)(H,15,16);;2*1H2/q;+1;;/p-1. The van der Waals surface area contributed by atoms with Gasteiger partial charge in [0, 0.05) is 20.4 Å². The molecule has 0 saturated carbocycles. The Morgan fingerprint density at radius 2 is 1.68 bits per heavy atom. The number of carbonyl (C=O) groups is 3. The predicted molar refractivity (Wildman–Crippen MR) is 69.2 cm³/mol. The summed E-state index contributed by atoms with van der Waals surface area (Å²) in [5.41, 5.74) is 0. The van der Waals surface area contributed by atoms with E-state index in [2.05, 4.69) is 14.4 Å².